The molecule has 0 atom stereocenters. The van der Waals surface area contributed by atoms with Crippen molar-refractivity contribution in [3.05, 3.63) is 0 Å². The van der Waals surface area contributed by atoms with Crippen molar-refractivity contribution in [2.45, 2.75) is 19.4 Å². The Morgan fingerprint density at radius 3 is 2.27 bits per heavy atom. The largest absolute Gasteiger partial charge is 0.546 e. The summed E-state index contributed by atoms with van der Waals surface area (Å²) >= 11 is 1.79. The summed E-state index contributed by atoms with van der Waals surface area (Å²) in [5, 5.41) is 10.3. The van der Waals surface area contributed by atoms with Crippen LogP contribution in [0.1, 0.15) is 13.8 Å². The lowest BCUT2D eigenvalue weighted by Gasteiger charge is -2.25. The fraction of sp³-hybridized carbons (Fsp3) is 0.667. The lowest BCUT2D eigenvalue weighted by molar-refractivity contribution is -0.323. The van der Waals surface area contributed by atoms with Gasteiger partial charge in [0.25, 0.3) is 0 Å². The normalized spacial score (nSPS) is 10.8. The van der Waals surface area contributed by atoms with Crippen LogP contribution in [-0.4, -0.2) is 22.0 Å². The van der Waals surface area contributed by atoms with E-state index in [0.29, 0.717) is 0 Å². The minimum Gasteiger partial charge on any atom is -0.546 e. The molecule has 64 valence electrons. The van der Waals surface area contributed by atoms with Crippen molar-refractivity contribution in [2.24, 2.45) is 0 Å². The third-order valence-electron chi connectivity index (χ3n) is 0.970. The van der Waals surface area contributed by atoms with Crippen molar-refractivity contribution in [1.29, 1.82) is 0 Å². The molecule has 0 radical (unpaired) electrons. The molecule has 0 saturated carbocycles. The van der Waals surface area contributed by atoms with Crippen LogP contribution in [0.4, 0.5) is 0 Å². The number of hydrogen-bond donors (Lipinski definition) is 0. The zero-order chi connectivity index (χ0) is 9.07. The highest BCUT2D eigenvalue weighted by Crippen LogP contribution is 2.08. The van der Waals surface area contributed by atoms with Gasteiger partial charge >= 0.3 is 5.97 Å². The van der Waals surface area contributed by atoms with Crippen molar-refractivity contribution in [2.75, 3.05) is 4.43 Å². The predicted octanol–water partition coefficient (Wildman–Crippen LogP) is -0.507. The van der Waals surface area contributed by atoms with Gasteiger partial charge in [-0.3, -0.25) is 4.79 Å². The van der Waals surface area contributed by atoms with Gasteiger partial charge in [0.2, 0.25) is 0 Å². The molecule has 0 N–H and O–H groups in total. The maximum Gasteiger partial charge on any atom is 0.316 e. The van der Waals surface area contributed by atoms with Crippen molar-refractivity contribution in [3.8, 4) is 0 Å². The molecular formula is C6H8IO4-. The minimum atomic E-state index is -1.53. The monoisotopic (exact) mass is 271 g/mol. The first-order valence-electron chi connectivity index (χ1n) is 2.89. The topological polar surface area (TPSA) is 66.4 Å². The zero-order valence-corrected chi connectivity index (χ0v) is 8.38. The second-order valence-electron chi connectivity index (χ2n) is 2.41. The second-order valence-corrected chi connectivity index (χ2v) is 3.17. The molecule has 0 aliphatic rings. The maximum absolute atomic E-state index is 10.6. The van der Waals surface area contributed by atoms with E-state index >= 15 is 0 Å². The summed E-state index contributed by atoms with van der Waals surface area (Å²) in [5.41, 5.74) is -1.53. The van der Waals surface area contributed by atoms with E-state index in [0.717, 1.165) is 0 Å². The van der Waals surface area contributed by atoms with E-state index in [1.807, 2.05) is 0 Å². The third kappa shape index (κ3) is 3.54. The number of carboxylic acids is 1. The molecule has 0 aromatic carbocycles. The first-order chi connectivity index (χ1) is 4.90. The predicted molar refractivity (Wildman–Crippen MR) is 44.1 cm³/mol. The Balaban J connectivity index is 4.12. The number of carboxylic acid groups (broad SMARTS) is 1. The molecule has 0 aromatic rings. The van der Waals surface area contributed by atoms with Gasteiger partial charge in [-0.1, -0.05) is 22.6 Å². The molecule has 0 aromatic heterocycles. The Kier molecular flexibility index (Phi) is 3.77. The first-order valence-corrected chi connectivity index (χ1v) is 4.42. The van der Waals surface area contributed by atoms with E-state index in [1.165, 1.54) is 13.8 Å². The van der Waals surface area contributed by atoms with Gasteiger partial charge < -0.3 is 14.6 Å². The molecule has 0 saturated heterocycles. The molecule has 0 amide bonds. The van der Waals surface area contributed by atoms with Gasteiger partial charge in [-0.15, -0.1) is 0 Å². The number of esters is 1. The smallest absolute Gasteiger partial charge is 0.316 e. The summed E-state index contributed by atoms with van der Waals surface area (Å²) in [6.07, 6.45) is 0. The zero-order valence-electron chi connectivity index (χ0n) is 6.22. The van der Waals surface area contributed by atoms with Crippen LogP contribution in [0.3, 0.4) is 0 Å². The van der Waals surface area contributed by atoms with Crippen LogP contribution in [0.2, 0.25) is 0 Å². The van der Waals surface area contributed by atoms with Crippen LogP contribution in [0.15, 0.2) is 0 Å². The van der Waals surface area contributed by atoms with Crippen LogP contribution < -0.4 is 5.11 Å². The molecule has 0 bridgehead atoms. The third-order valence-corrected chi connectivity index (χ3v) is 1.59. The highest BCUT2D eigenvalue weighted by atomic mass is 127. The quantitative estimate of drug-likeness (QED) is 0.394. The molecule has 0 heterocycles. The highest BCUT2D eigenvalue weighted by molar-refractivity contribution is 14.1. The first kappa shape index (κ1) is 10.7. The van der Waals surface area contributed by atoms with Crippen molar-refractivity contribution < 1.29 is 19.4 Å². The summed E-state index contributed by atoms with van der Waals surface area (Å²) in [6.45, 7) is 2.54. The van der Waals surface area contributed by atoms with Crippen LogP contribution in [0, 0.1) is 0 Å². The standard InChI is InChI=1S/C6H9IO4/c1-6(2,5(9)10)11-4(8)3-7/h3H2,1-2H3,(H,9,10)/p-1. The van der Waals surface area contributed by atoms with E-state index in [1.54, 1.807) is 22.6 Å². The molecule has 0 rings (SSSR count). The Labute approximate surface area is 78.1 Å². The summed E-state index contributed by atoms with van der Waals surface area (Å²) in [6, 6.07) is 0. The molecule has 11 heavy (non-hydrogen) atoms. The average molecular weight is 271 g/mol. The van der Waals surface area contributed by atoms with Gasteiger partial charge in [-0.05, 0) is 13.8 Å². The molecule has 0 unspecified atom stereocenters. The summed E-state index contributed by atoms with van der Waals surface area (Å²) in [7, 11) is 0. The van der Waals surface area contributed by atoms with Gasteiger partial charge in [0.05, 0.1) is 10.4 Å². The minimum absolute atomic E-state index is 0.133. The number of halogens is 1. The van der Waals surface area contributed by atoms with Gasteiger partial charge in [0.1, 0.15) is 5.60 Å². The fourth-order valence-corrected chi connectivity index (χ4v) is 0.509. The van der Waals surface area contributed by atoms with Gasteiger partial charge in [0, 0.05) is 0 Å². The summed E-state index contributed by atoms with van der Waals surface area (Å²) in [5.74, 6) is -1.95. The second kappa shape index (κ2) is 3.89. The van der Waals surface area contributed by atoms with Crippen molar-refractivity contribution >= 4 is 34.5 Å². The van der Waals surface area contributed by atoms with E-state index in [2.05, 4.69) is 4.74 Å². The van der Waals surface area contributed by atoms with Gasteiger partial charge in [-0.2, -0.15) is 0 Å². The maximum atomic E-state index is 10.6. The SMILES string of the molecule is CC(C)(OC(=O)CI)C(=O)[O-]. The number of aliphatic carboxylic acids is 1. The Morgan fingerprint density at radius 2 is 2.00 bits per heavy atom. The highest BCUT2D eigenvalue weighted by Gasteiger charge is 2.23. The van der Waals surface area contributed by atoms with E-state index in [4.69, 9.17) is 0 Å². The van der Waals surface area contributed by atoms with Crippen LogP contribution in [0.25, 0.3) is 0 Å². The lowest BCUT2D eigenvalue weighted by atomic mass is 10.1. The van der Waals surface area contributed by atoms with Crippen molar-refractivity contribution in [3.63, 3.8) is 0 Å². The Bertz CT molecular complexity index is 175. The lowest BCUT2D eigenvalue weighted by Crippen LogP contribution is -2.47. The van der Waals surface area contributed by atoms with Gasteiger partial charge in [0.15, 0.2) is 0 Å². The number of carbonyl (C=O) groups excluding carboxylic acids is 2. The fourth-order valence-electron chi connectivity index (χ4n) is 0.354. The molecule has 5 heteroatoms. The van der Waals surface area contributed by atoms with Crippen LogP contribution in [0.5, 0.6) is 0 Å². The molecule has 0 aliphatic heterocycles. The Hall–Kier alpha value is -0.330. The summed E-state index contributed by atoms with van der Waals surface area (Å²) in [4.78, 5) is 20.9. The Morgan fingerprint density at radius 1 is 1.55 bits per heavy atom. The van der Waals surface area contributed by atoms with Crippen LogP contribution in [-0.2, 0) is 14.3 Å². The molecule has 0 spiro atoms. The van der Waals surface area contributed by atoms with Crippen LogP contribution >= 0.6 is 22.6 Å². The number of rotatable bonds is 3. The average Bonchev–Trinajstić information content (AvgIpc) is 1.86. The molecule has 4 nitrogen and oxygen atoms in total. The molecular weight excluding hydrogens is 263 g/mol. The summed E-state index contributed by atoms with van der Waals surface area (Å²) < 4.78 is 4.67. The molecule has 0 aliphatic carbocycles. The number of ether oxygens (including phenoxy) is 1. The van der Waals surface area contributed by atoms with E-state index in [-0.39, 0.29) is 4.43 Å². The number of hydrogen-bond acceptors (Lipinski definition) is 4. The number of carbonyl (C=O) groups is 2. The molecule has 0 fully saturated rings. The van der Waals surface area contributed by atoms with E-state index in [9.17, 15) is 14.7 Å². The van der Waals surface area contributed by atoms with Gasteiger partial charge in [-0.25, -0.2) is 0 Å². The van der Waals surface area contributed by atoms with E-state index < -0.39 is 17.5 Å². The number of alkyl halides is 1. The van der Waals surface area contributed by atoms with Crippen molar-refractivity contribution in [1.82, 2.24) is 0 Å².